The average Bonchev–Trinajstić information content (AvgIpc) is 3.17. The van der Waals surface area contributed by atoms with E-state index in [-0.39, 0.29) is 18.2 Å². The number of rotatable bonds is 4. The Hall–Kier alpha value is -3.09. The molecule has 0 bridgehead atoms. The number of aromatic nitrogens is 4. The fourth-order valence-corrected chi connectivity index (χ4v) is 1.85. The van der Waals surface area contributed by atoms with Crippen LogP contribution in [0.25, 0.3) is 5.69 Å². The number of amides is 1. The number of benzene rings is 1. The molecular formula is C14H13N5O2. The summed E-state index contributed by atoms with van der Waals surface area (Å²) in [5.74, 6) is -0.00326. The van der Waals surface area contributed by atoms with Gasteiger partial charge >= 0.3 is 0 Å². The van der Waals surface area contributed by atoms with Gasteiger partial charge in [0.2, 0.25) is 0 Å². The molecule has 0 fully saturated rings. The van der Waals surface area contributed by atoms with E-state index in [0.29, 0.717) is 11.4 Å². The molecule has 2 aromatic heterocycles. The van der Waals surface area contributed by atoms with E-state index in [1.165, 1.54) is 0 Å². The molecule has 2 heterocycles. The first-order valence-electron chi connectivity index (χ1n) is 6.34. The Morgan fingerprint density at radius 2 is 2.10 bits per heavy atom. The lowest BCUT2D eigenvalue weighted by Gasteiger charge is -2.00. The van der Waals surface area contributed by atoms with Gasteiger partial charge in [-0.3, -0.25) is 4.79 Å². The van der Waals surface area contributed by atoms with Gasteiger partial charge in [-0.2, -0.15) is 0 Å². The molecule has 0 aliphatic heterocycles. The molecule has 21 heavy (non-hydrogen) atoms. The second-order valence-corrected chi connectivity index (χ2v) is 4.44. The van der Waals surface area contributed by atoms with Crippen molar-refractivity contribution < 1.29 is 9.90 Å². The predicted octanol–water partition coefficient (Wildman–Crippen LogP) is 1.23. The van der Waals surface area contributed by atoms with Crippen LogP contribution in [-0.2, 0) is 6.54 Å². The van der Waals surface area contributed by atoms with E-state index in [4.69, 9.17) is 0 Å². The predicted molar refractivity (Wildman–Crippen MR) is 75.0 cm³/mol. The van der Waals surface area contributed by atoms with Crippen molar-refractivity contribution in [2.24, 2.45) is 0 Å². The molecule has 7 nitrogen and oxygen atoms in total. The number of carbonyl (C=O) groups is 1. The van der Waals surface area contributed by atoms with Gasteiger partial charge in [-0.05, 0) is 36.4 Å². The highest BCUT2D eigenvalue weighted by molar-refractivity contribution is 5.92. The zero-order chi connectivity index (χ0) is 14.7. The van der Waals surface area contributed by atoms with Crippen LogP contribution in [0.1, 0.15) is 16.2 Å². The number of nitrogens with zero attached hydrogens (tertiary/aromatic N) is 3. The summed E-state index contributed by atoms with van der Waals surface area (Å²) in [7, 11) is 0. The highest BCUT2D eigenvalue weighted by atomic mass is 16.3. The number of aromatic amines is 1. The van der Waals surface area contributed by atoms with Gasteiger partial charge in [-0.15, -0.1) is 5.10 Å². The maximum Gasteiger partial charge on any atom is 0.268 e. The van der Waals surface area contributed by atoms with E-state index in [9.17, 15) is 9.90 Å². The van der Waals surface area contributed by atoms with Gasteiger partial charge in [0.15, 0.2) is 0 Å². The lowest BCUT2D eigenvalue weighted by atomic mass is 10.3. The van der Waals surface area contributed by atoms with Crippen LogP contribution in [-0.4, -0.2) is 31.0 Å². The van der Waals surface area contributed by atoms with Crippen LogP contribution in [0.2, 0.25) is 0 Å². The number of H-pyrrole nitrogens is 1. The summed E-state index contributed by atoms with van der Waals surface area (Å²) < 4.78 is 1.58. The van der Waals surface area contributed by atoms with Crippen LogP contribution < -0.4 is 5.32 Å². The molecule has 0 saturated heterocycles. The molecule has 0 saturated carbocycles. The highest BCUT2D eigenvalue weighted by Gasteiger charge is 2.07. The summed E-state index contributed by atoms with van der Waals surface area (Å²) in [6.07, 6.45) is 3.41. The number of nitrogens with one attached hydrogen (secondary N) is 2. The third-order valence-electron chi connectivity index (χ3n) is 2.93. The van der Waals surface area contributed by atoms with E-state index >= 15 is 0 Å². The Morgan fingerprint density at radius 3 is 2.81 bits per heavy atom. The summed E-state index contributed by atoms with van der Waals surface area (Å²) >= 11 is 0. The smallest absolute Gasteiger partial charge is 0.268 e. The number of hydrogen-bond acceptors (Lipinski definition) is 4. The molecule has 0 radical (unpaired) electrons. The van der Waals surface area contributed by atoms with E-state index in [1.54, 1.807) is 53.5 Å². The molecule has 7 heteroatoms. The van der Waals surface area contributed by atoms with Crippen LogP contribution in [0, 0.1) is 0 Å². The molecule has 3 N–H and O–H groups in total. The molecule has 3 rings (SSSR count). The van der Waals surface area contributed by atoms with Crippen LogP contribution in [0.15, 0.2) is 48.8 Å². The van der Waals surface area contributed by atoms with Crippen molar-refractivity contribution in [3.63, 3.8) is 0 Å². The molecule has 106 valence electrons. The van der Waals surface area contributed by atoms with Crippen LogP contribution in [0.5, 0.6) is 5.75 Å². The molecular weight excluding hydrogens is 270 g/mol. The van der Waals surface area contributed by atoms with Crippen molar-refractivity contribution in [3.05, 3.63) is 60.2 Å². The number of aromatic hydroxyl groups is 1. The van der Waals surface area contributed by atoms with Crippen molar-refractivity contribution in [2.45, 2.75) is 6.54 Å². The Labute approximate surface area is 120 Å². The van der Waals surface area contributed by atoms with E-state index < -0.39 is 0 Å². The van der Waals surface area contributed by atoms with Crippen molar-refractivity contribution in [3.8, 4) is 11.4 Å². The first-order chi connectivity index (χ1) is 10.2. The van der Waals surface area contributed by atoms with Gasteiger partial charge in [-0.25, -0.2) is 4.68 Å². The number of phenolic OH excluding ortho intramolecular Hbond substituents is 1. The molecule has 3 aromatic rings. The molecule has 0 aliphatic carbocycles. The van der Waals surface area contributed by atoms with Crippen LogP contribution in [0.4, 0.5) is 0 Å². The number of carbonyl (C=O) groups excluding carboxylic acids is 1. The molecule has 1 aromatic carbocycles. The summed E-state index contributed by atoms with van der Waals surface area (Å²) in [6.45, 7) is 0.288. The monoisotopic (exact) mass is 283 g/mol. The molecule has 0 aliphatic rings. The molecule has 0 spiro atoms. The average molecular weight is 283 g/mol. The topological polar surface area (TPSA) is 95.8 Å². The highest BCUT2D eigenvalue weighted by Crippen LogP contribution is 2.12. The Kier molecular flexibility index (Phi) is 3.38. The van der Waals surface area contributed by atoms with Crippen molar-refractivity contribution in [1.82, 2.24) is 25.3 Å². The minimum Gasteiger partial charge on any atom is -0.508 e. The fourth-order valence-electron chi connectivity index (χ4n) is 1.85. The maximum absolute atomic E-state index is 11.8. The maximum atomic E-state index is 11.8. The largest absolute Gasteiger partial charge is 0.508 e. The number of phenols is 1. The Balaban J connectivity index is 1.65. The Morgan fingerprint density at radius 1 is 1.29 bits per heavy atom. The van der Waals surface area contributed by atoms with E-state index in [0.717, 1.165) is 5.69 Å². The van der Waals surface area contributed by atoms with Crippen molar-refractivity contribution in [2.75, 3.05) is 0 Å². The van der Waals surface area contributed by atoms with Gasteiger partial charge < -0.3 is 15.4 Å². The fraction of sp³-hybridized carbons (Fsp3) is 0.0714. The van der Waals surface area contributed by atoms with Gasteiger partial charge in [0.05, 0.1) is 18.4 Å². The third-order valence-corrected chi connectivity index (χ3v) is 2.93. The summed E-state index contributed by atoms with van der Waals surface area (Å²) in [5, 5.41) is 20.0. The zero-order valence-corrected chi connectivity index (χ0v) is 11.0. The molecule has 0 unspecified atom stereocenters. The van der Waals surface area contributed by atoms with Crippen LogP contribution in [0.3, 0.4) is 0 Å². The van der Waals surface area contributed by atoms with Gasteiger partial charge in [-0.1, -0.05) is 5.21 Å². The van der Waals surface area contributed by atoms with Crippen LogP contribution >= 0.6 is 0 Å². The van der Waals surface area contributed by atoms with Crippen molar-refractivity contribution in [1.29, 1.82) is 0 Å². The first-order valence-corrected chi connectivity index (χ1v) is 6.34. The molecule has 0 atom stereocenters. The Bertz CT molecular complexity index is 731. The minimum absolute atomic E-state index is 0.192. The number of hydrogen-bond donors (Lipinski definition) is 3. The lowest BCUT2D eigenvalue weighted by molar-refractivity contribution is 0.0946. The summed E-state index contributed by atoms with van der Waals surface area (Å²) in [4.78, 5) is 14.6. The van der Waals surface area contributed by atoms with Gasteiger partial charge in [0.1, 0.15) is 17.1 Å². The quantitative estimate of drug-likeness (QED) is 0.671. The second kappa shape index (κ2) is 5.49. The summed E-state index contributed by atoms with van der Waals surface area (Å²) in [6, 6.07) is 10.1. The van der Waals surface area contributed by atoms with E-state index in [1.807, 2.05) is 0 Å². The van der Waals surface area contributed by atoms with E-state index in [2.05, 4.69) is 20.6 Å². The minimum atomic E-state index is -0.195. The first kappa shape index (κ1) is 12.9. The van der Waals surface area contributed by atoms with Gasteiger partial charge in [0.25, 0.3) is 5.91 Å². The third kappa shape index (κ3) is 2.92. The second-order valence-electron chi connectivity index (χ2n) is 4.44. The SMILES string of the molecule is O=C(NCc1cn(-c2ccc(O)cc2)nn1)c1ccc[nH]1. The molecule has 1 amide bonds. The summed E-state index contributed by atoms with van der Waals surface area (Å²) in [5.41, 5.74) is 1.92. The van der Waals surface area contributed by atoms with Crippen molar-refractivity contribution >= 4 is 5.91 Å². The lowest BCUT2D eigenvalue weighted by Crippen LogP contribution is -2.23. The zero-order valence-electron chi connectivity index (χ0n) is 11.0. The van der Waals surface area contributed by atoms with Gasteiger partial charge in [0, 0.05) is 6.20 Å². The normalized spacial score (nSPS) is 10.5. The standard InChI is InChI=1S/C14H13N5O2/c20-12-5-3-11(4-6-12)19-9-10(17-18-19)8-16-14(21)13-2-1-7-15-13/h1-7,9,15,20H,8H2,(H,16,21).